The number of methoxy groups -OCH3 is 1. The topological polar surface area (TPSA) is 42.1 Å². The van der Waals surface area contributed by atoms with Crippen molar-refractivity contribution in [2.45, 2.75) is 0 Å². The number of benzene rings is 1. The Morgan fingerprint density at radius 2 is 2.23 bits per heavy atom. The van der Waals surface area contributed by atoms with Gasteiger partial charge < -0.3 is 9.72 Å². The van der Waals surface area contributed by atoms with Crippen LogP contribution in [0.4, 0.5) is 0 Å². The Labute approximate surface area is 75.3 Å². The fraction of sp³-hybridized carbons (Fsp3) is 0.100. The number of pyridine rings is 1. The molecule has 0 saturated heterocycles. The van der Waals surface area contributed by atoms with Crippen LogP contribution in [0.3, 0.4) is 0 Å². The Kier molecular flexibility index (Phi) is 1.77. The quantitative estimate of drug-likeness (QED) is 0.713. The molecule has 2 rings (SSSR count). The number of hydrogen-bond donors (Lipinski definition) is 1. The minimum atomic E-state index is -0.0220. The molecule has 0 aromatic carbocycles. The fourth-order valence-electron chi connectivity index (χ4n) is 1.29. The molecule has 0 aromatic heterocycles. The first-order valence-corrected chi connectivity index (χ1v) is 3.97. The van der Waals surface area contributed by atoms with E-state index in [0.717, 1.165) is 5.69 Å². The van der Waals surface area contributed by atoms with Gasteiger partial charge in [-0.2, -0.15) is 0 Å². The highest BCUT2D eigenvalue weighted by Gasteiger charge is 2.06. The standard InChI is InChI=1S/C10H9NO2/c1-13-7-5-9-8(10(12)6-7)3-2-4-11-9/h2-6,11H,1H3. The van der Waals surface area contributed by atoms with Crippen molar-refractivity contribution < 1.29 is 4.74 Å². The molecule has 0 atom stereocenters. The first-order valence-electron chi connectivity index (χ1n) is 3.97. The first kappa shape index (κ1) is 7.86. The van der Waals surface area contributed by atoms with Crippen LogP contribution >= 0.6 is 0 Å². The minimum absolute atomic E-state index is 0.0220. The summed E-state index contributed by atoms with van der Waals surface area (Å²) in [4.78, 5) is 14.4. The molecule has 0 unspecified atom stereocenters. The Morgan fingerprint density at radius 3 is 3.00 bits per heavy atom. The maximum absolute atomic E-state index is 11.5. The molecule has 2 aliphatic rings. The fourth-order valence-corrected chi connectivity index (χ4v) is 1.29. The highest BCUT2D eigenvalue weighted by Crippen LogP contribution is 2.19. The van der Waals surface area contributed by atoms with Crippen molar-refractivity contribution in [2.75, 3.05) is 7.11 Å². The van der Waals surface area contributed by atoms with Gasteiger partial charge in [0, 0.05) is 23.9 Å². The van der Waals surface area contributed by atoms with Crippen LogP contribution in [0, 0.1) is 0 Å². The third-order valence-electron chi connectivity index (χ3n) is 1.95. The molecule has 1 aliphatic carbocycles. The van der Waals surface area contributed by atoms with Gasteiger partial charge in [-0.15, -0.1) is 0 Å². The van der Waals surface area contributed by atoms with Crippen LogP contribution in [0.1, 0.15) is 0 Å². The van der Waals surface area contributed by atoms with E-state index < -0.39 is 0 Å². The van der Waals surface area contributed by atoms with Crippen molar-refractivity contribution in [3.05, 3.63) is 40.7 Å². The smallest absolute Gasteiger partial charge is 0.191 e. The SMILES string of the molecule is COc1cc2[nH]cccc-2c(=O)c1. The Morgan fingerprint density at radius 1 is 1.38 bits per heavy atom. The second kappa shape index (κ2) is 2.94. The monoisotopic (exact) mass is 175 g/mol. The average Bonchev–Trinajstić information content (AvgIpc) is 2.18. The van der Waals surface area contributed by atoms with Crippen molar-refractivity contribution in [3.8, 4) is 17.0 Å². The number of aromatic amines is 1. The van der Waals surface area contributed by atoms with Gasteiger partial charge in [0.15, 0.2) is 5.43 Å². The van der Waals surface area contributed by atoms with Gasteiger partial charge in [-0.1, -0.05) is 0 Å². The Bertz CT molecular complexity index is 447. The highest BCUT2D eigenvalue weighted by atomic mass is 16.5. The van der Waals surface area contributed by atoms with Gasteiger partial charge in [0.05, 0.1) is 12.8 Å². The normalized spacial score (nSPS) is 10.2. The predicted molar refractivity (Wildman–Crippen MR) is 50.2 cm³/mol. The molecule has 0 saturated carbocycles. The molecule has 66 valence electrons. The van der Waals surface area contributed by atoms with Gasteiger partial charge in [-0.05, 0) is 12.1 Å². The van der Waals surface area contributed by atoms with Crippen LogP contribution in [0.25, 0.3) is 11.3 Å². The lowest BCUT2D eigenvalue weighted by molar-refractivity contribution is 0.414. The van der Waals surface area contributed by atoms with Crippen molar-refractivity contribution in [1.82, 2.24) is 4.98 Å². The van der Waals surface area contributed by atoms with Crippen molar-refractivity contribution in [3.63, 3.8) is 0 Å². The van der Waals surface area contributed by atoms with E-state index in [0.29, 0.717) is 11.3 Å². The van der Waals surface area contributed by atoms with Crippen LogP contribution in [0.5, 0.6) is 5.75 Å². The highest BCUT2D eigenvalue weighted by molar-refractivity contribution is 5.62. The molecule has 0 amide bonds. The summed E-state index contributed by atoms with van der Waals surface area (Å²) in [7, 11) is 1.55. The van der Waals surface area contributed by atoms with Crippen molar-refractivity contribution in [2.24, 2.45) is 0 Å². The molecule has 0 radical (unpaired) electrons. The second-order valence-corrected chi connectivity index (χ2v) is 2.76. The molecule has 13 heavy (non-hydrogen) atoms. The molecular weight excluding hydrogens is 166 g/mol. The number of rotatable bonds is 1. The Balaban J connectivity index is 2.77. The van der Waals surface area contributed by atoms with Crippen LogP contribution in [-0.4, -0.2) is 12.1 Å². The lowest BCUT2D eigenvalue weighted by atomic mass is 10.1. The average molecular weight is 175 g/mol. The molecule has 1 N–H and O–H groups in total. The van der Waals surface area contributed by atoms with E-state index in [1.54, 1.807) is 31.5 Å². The summed E-state index contributed by atoms with van der Waals surface area (Å²) in [5.74, 6) is 0.583. The molecule has 1 heterocycles. The van der Waals surface area contributed by atoms with Crippen LogP contribution in [0.15, 0.2) is 35.3 Å². The summed E-state index contributed by atoms with van der Waals surface area (Å²) in [6.07, 6.45) is 1.78. The van der Waals surface area contributed by atoms with Gasteiger partial charge in [-0.25, -0.2) is 0 Å². The zero-order valence-electron chi connectivity index (χ0n) is 7.20. The van der Waals surface area contributed by atoms with Gasteiger partial charge in [0.1, 0.15) is 5.75 Å². The van der Waals surface area contributed by atoms with Crippen molar-refractivity contribution in [1.29, 1.82) is 0 Å². The molecule has 1 aliphatic heterocycles. The number of ether oxygens (including phenoxy) is 1. The number of fused-ring (bicyclic) bond motifs is 1. The van der Waals surface area contributed by atoms with Crippen molar-refractivity contribution >= 4 is 0 Å². The number of aromatic nitrogens is 1. The summed E-state index contributed by atoms with van der Waals surface area (Å²) in [5, 5.41) is 0. The number of nitrogens with one attached hydrogen (secondary N) is 1. The first-order chi connectivity index (χ1) is 6.31. The van der Waals surface area contributed by atoms with Crippen LogP contribution in [0.2, 0.25) is 0 Å². The predicted octanol–water partition coefficient (Wildman–Crippen LogP) is 1.49. The third kappa shape index (κ3) is 1.28. The molecule has 0 aromatic rings. The van der Waals surface area contributed by atoms with E-state index in [1.807, 2.05) is 0 Å². The van der Waals surface area contributed by atoms with Gasteiger partial charge >= 0.3 is 0 Å². The Hall–Kier alpha value is -1.77. The zero-order chi connectivity index (χ0) is 9.26. The second-order valence-electron chi connectivity index (χ2n) is 2.76. The summed E-state index contributed by atoms with van der Waals surface area (Å²) in [6, 6.07) is 6.87. The molecule has 0 bridgehead atoms. The molecule has 0 fully saturated rings. The minimum Gasteiger partial charge on any atom is -0.497 e. The van der Waals surface area contributed by atoms with E-state index >= 15 is 0 Å². The van der Waals surface area contributed by atoms with E-state index in [9.17, 15) is 4.79 Å². The maximum Gasteiger partial charge on any atom is 0.191 e. The maximum atomic E-state index is 11.5. The lowest BCUT2D eigenvalue weighted by Gasteiger charge is -2.05. The van der Waals surface area contributed by atoms with Gasteiger partial charge in [0.25, 0.3) is 0 Å². The summed E-state index contributed by atoms with van der Waals surface area (Å²) < 4.78 is 4.98. The lowest BCUT2D eigenvalue weighted by Crippen LogP contribution is -2.05. The number of H-pyrrole nitrogens is 1. The van der Waals surface area contributed by atoms with E-state index in [4.69, 9.17) is 4.74 Å². The summed E-state index contributed by atoms with van der Waals surface area (Å²) >= 11 is 0. The molecular formula is C10H9NO2. The molecule has 0 spiro atoms. The summed E-state index contributed by atoms with van der Waals surface area (Å²) in [5.41, 5.74) is 1.46. The molecule has 3 nitrogen and oxygen atoms in total. The number of hydrogen-bond acceptors (Lipinski definition) is 2. The third-order valence-corrected chi connectivity index (χ3v) is 1.95. The van der Waals surface area contributed by atoms with E-state index in [-0.39, 0.29) is 5.43 Å². The van der Waals surface area contributed by atoms with Gasteiger partial charge in [-0.3, -0.25) is 4.79 Å². The molecule has 3 heteroatoms. The van der Waals surface area contributed by atoms with E-state index in [1.165, 1.54) is 6.07 Å². The van der Waals surface area contributed by atoms with Crippen LogP contribution < -0.4 is 10.2 Å². The largest absolute Gasteiger partial charge is 0.497 e. The van der Waals surface area contributed by atoms with E-state index in [2.05, 4.69) is 4.98 Å². The van der Waals surface area contributed by atoms with Gasteiger partial charge in [0.2, 0.25) is 0 Å². The zero-order valence-corrected chi connectivity index (χ0v) is 7.20. The summed E-state index contributed by atoms with van der Waals surface area (Å²) in [6.45, 7) is 0. The van der Waals surface area contributed by atoms with Crippen LogP contribution in [-0.2, 0) is 0 Å².